The summed E-state index contributed by atoms with van der Waals surface area (Å²) in [5.74, 6) is -10.8. The molecule has 578 valence electrons. The van der Waals surface area contributed by atoms with Crippen molar-refractivity contribution in [3.8, 4) is 0 Å². The molecule has 26 nitrogen and oxygen atoms in total. The molecule has 12 amide bonds. The molecule has 1 unspecified atom stereocenters. The van der Waals surface area contributed by atoms with Crippen molar-refractivity contribution in [1.29, 1.82) is 0 Å². The van der Waals surface area contributed by atoms with E-state index in [9.17, 15) is 29.1 Å². The number of hydrogen-bond acceptors (Lipinski definition) is 14. The topological polar surface area (TPSA) is 334 Å². The average molecular weight is 1430 g/mol. The molecule has 0 aromatic heterocycles. The van der Waals surface area contributed by atoms with Gasteiger partial charge in [0.05, 0.1) is 6.10 Å². The first-order valence-corrected chi connectivity index (χ1v) is 37.0. The molecular weight excluding hydrogens is 1300 g/mol. The smallest absolute Gasteiger partial charge is 0.251 e. The predicted octanol–water partition coefficient (Wildman–Crippen LogP) is 5.13. The summed E-state index contributed by atoms with van der Waals surface area (Å²) in [4.78, 5) is 187. The first-order chi connectivity index (χ1) is 47.5. The third-order valence-corrected chi connectivity index (χ3v) is 19.4. The van der Waals surface area contributed by atoms with E-state index in [1.165, 1.54) is 92.6 Å². The number of allylic oxidation sites excluding steroid dienone is 2. The summed E-state index contributed by atoms with van der Waals surface area (Å²) in [6.45, 7) is 30.8. The van der Waals surface area contributed by atoms with Gasteiger partial charge < -0.3 is 71.7 Å². The van der Waals surface area contributed by atoms with Gasteiger partial charge in [0, 0.05) is 67.9 Å². The minimum atomic E-state index is -1.69. The summed E-state index contributed by atoms with van der Waals surface area (Å²) in [6.07, 6.45) is 6.01. The van der Waals surface area contributed by atoms with E-state index in [1.807, 2.05) is 55.4 Å². The fourth-order valence-electron chi connectivity index (χ4n) is 13.0. The van der Waals surface area contributed by atoms with Crippen LogP contribution in [-0.4, -0.2) is 245 Å². The lowest BCUT2D eigenvalue weighted by Gasteiger charge is -2.41. The lowest BCUT2D eigenvalue weighted by Crippen LogP contribution is -2.64. The monoisotopic (exact) mass is 1430 g/mol. The first kappa shape index (κ1) is 90.6. The van der Waals surface area contributed by atoms with E-state index in [-0.39, 0.29) is 74.5 Å². The lowest BCUT2D eigenvalue weighted by atomic mass is 9.91. The lowest BCUT2D eigenvalue weighted by molar-refractivity contribution is -0.157. The quantitative estimate of drug-likeness (QED) is 0.0522. The molecule has 13 atom stereocenters. The van der Waals surface area contributed by atoms with Crippen molar-refractivity contribution in [2.24, 2.45) is 47.2 Å². The van der Waals surface area contributed by atoms with Crippen LogP contribution in [0.15, 0.2) is 36.4 Å². The second-order valence-corrected chi connectivity index (χ2v) is 30.7. The maximum absolute atomic E-state index is 15.7. The van der Waals surface area contributed by atoms with Crippen LogP contribution in [0.3, 0.4) is 0 Å². The molecule has 0 spiro atoms. The summed E-state index contributed by atoms with van der Waals surface area (Å²) in [5, 5.41) is 26.5. The highest BCUT2D eigenvalue weighted by molar-refractivity contribution is 6.00. The van der Waals surface area contributed by atoms with Gasteiger partial charge in [0.1, 0.15) is 66.5 Å². The van der Waals surface area contributed by atoms with Crippen molar-refractivity contribution in [2.45, 2.75) is 261 Å². The van der Waals surface area contributed by atoms with Crippen molar-refractivity contribution < 1.29 is 62.6 Å². The molecule has 1 aromatic carbocycles. The van der Waals surface area contributed by atoms with Gasteiger partial charge in [-0.25, -0.2) is 0 Å². The zero-order valence-electron chi connectivity index (χ0n) is 66.2. The molecular formula is C76H131N13O13. The summed E-state index contributed by atoms with van der Waals surface area (Å²) < 4.78 is 0. The van der Waals surface area contributed by atoms with Gasteiger partial charge in [0.15, 0.2) is 0 Å². The summed E-state index contributed by atoms with van der Waals surface area (Å²) >= 11 is 0. The molecule has 1 aromatic rings. The minimum Gasteiger partial charge on any atom is -0.390 e. The Morgan fingerprint density at radius 1 is 0.490 bits per heavy atom. The molecule has 1 fully saturated rings. The summed E-state index contributed by atoms with van der Waals surface area (Å²) in [6, 6.07) is -7.82. The number of benzene rings is 1. The summed E-state index contributed by atoms with van der Waals surface area (Å²) in [7, 11) is 9.93. The van der Waals surface area contributed by atoms with E-state index >= 15 is 33.6 Å². The normalized spacial score (nSPS) is 25.0. The number of aliphatic hydroxyl groups excluding tert-OH is 1. The Kier molecular flexibility index (Phi) is 38.2. The molecule has 0 aliphatic carbocycles. The molecule has 2 rings (SSSR count). The number of carbonyl (C=O) groups excluding carboxylic acids is 12. The number of nitrogens with two attached hydrogens (primary N) is 1. The SMILES string of the molecule is C/C=C/C[C@@H](C)[C@@H](O)[C@H]1C(=O)N[C@@H](CC)C(=O)N(C)C(Cc2ccc(C(=O)NCCCCCCN)cc2)C(=O)N(C)[C@@H](CC(C)C)C(=O)N[C@@H](C(C)C)C(=O)N(C)[C@@H](CC(C)C)C(=O)N[C@@H](C)C(=O)N[C@H](C)C(=O)N(C)[C@@H](CC(C)C)C(=O)N(C)[C@@H](CC(C)C)C(=O)N(C)[C@@H](C(C)C)C(=O)N1C. The highest BCUT2D eigenvalue weighted by Gasteiger charge is 2.46. The molecule has 8 N–H and O–H groups in total. The van der Waals surface area contributed by atoms with Crippen LogP contribution in [0.5, 0.6) is 0 Å². The van der Waals surface area contributed by atoms with E-state index in [0.29, 0.717) is 24.2 Å². The summed E-state index contributed by atoms with van der Waals surface area (Å²) in [5.41, 5.74) is 6.52. The van der Waals surface area contributed by atoms with Crippen LogP contribution in [-0.2, 0) is 59.2 Å². The largest absolute Gasteiger partial charge is 0.390 e. The maximum Gasteiger partial charge on any atom is 0.251 e. The molecule has 1 saturated heterocycles. The van der Waals surface area contributed by atoms with Crippen LogP contribution in [0.25, 0.3) is 0 Å². The molecule has 26 heteroatoms. The highest BCUT2D eigenvalue weighted by Crippen LogP contribution is 2.27. The van der Waals surface area contributed by atoms with Gasteiger partial charge in [-0.05, 0) is 138 Å². The second-order valence-electron chi connectivity index (χ2n) is 30.7. The molecule has 0 bridgehead atoms. The third-order valence-electron chi connectivity index (χ3n) is 19.4. The number of nitrogens with one attached hydrogen (secondary N) is 5. The van der Waals surface area contributed by atoms with Crippen molar-refractivity contribution in [1.82, 2.24) is 60.9 Å². The van der Waals surface area contributed by atoms with Crippen LogP contribution < -0.4 is 32.3 Å². The van der Waals surface area contributed by atoms with Crippen LogP contribution >= 0.6 is 0 Å². The van der Waals surface area contributed by atoms with E-state index in [4.69, 9.17) is 5.73 Å². The van der Waals surface area contributed by atoms with E-state index in [1.54, 1.807) is 84.9 Å². The van der Waals surface area contributed by atoms with Gasteiger partial charge in [0.25, 0.3) is 5.91 Å². The van der Waals surface area contributed by atoms with Gasteiger partial charge in [-0.3, -0.25) is 57.5 Å². The van der Waals surface area contributed by atoms with Gasteiger partial charge >= 0.3 is 0 Å². The average Bonchev–Trinajstić information content (AvgIpc) is 0.803. The van der Waals surface area contributed by atoms with Crippen molar-refractivity contribution >= 4 is 70.9 Å². The molecule has 1 aliphatic rings. The molecule has 0 radical (unpaired) electrons. The molecule has 1 aliphatic heterocycles. The standard InChI is InChI=1S/C76H131N13O13/c1-25-27-32-50(15)64(90)63-69(95)81-55(26-2)71(97)86(21)60(43-53-33-35-54(36-34-53)66(92)78-38-31-29-28-30-37-77)73(99)83(18)57(40-45(5)6)68(94)82-61(48(11)12)75(101)84(19)56(39-44(3)4)67(93)79-51(16)65(91)80-52(17)70(96)85(20)58(41-46(7)8)72(98)87(22)59(42-47(9)10)74(100)88(23)62(49(13)14)76(102)89(63)24/h25,27,33-36,44-52,55-64,90H,26,28-32,37-43,77H2,1-24H3,(H,78,92)(H,79,93)(H,80,91)(H,81,95)(H,82,94)/b27-25+/t50-,51+,52-,55+,56+,57+,58+,59+,60?,61+,62+,63+,64-/m1/s1. The first-order valence-electron chi connectivity index (χ1n) is 37.0. The molecule has 102 heavy (non-hydrogen) atoms. The Balaban J connectivity index is 3.16. The number of aliphatic hydroxyl groups is 1. The van der Waals surface area contributed by atoms with Crippen LogP contribution in [0, 0.1) is 41.4 Å². The number of unbranched alkanes of at least 4 members (excludes halogenated alkanes) is 3. The van der Waals surface area contributed by atoms with Crippen molar-refractivity contribution in [2.75, 3.05) is 62.4 Å². The Hall–Kier alpha value is -7.48. The second kappa shape index (κ2) is 43.0. The number of rotatable bonds is 24. The Morgan fingerprint density at radius 2 is 0.922 bits per heavy atom. The highest BCUT2D eigenvalue weighted by atomic mass is 16.3. The Bertz CT molecular complexity index is 2970. The van der Waals surface area contributed by atoms with Crippen LogP contribution in [0.2, 0.25) is 0 Å². The fraction of sp³-hybridized carbons (Fsp3) is 0.737. The molecule has 0 saturated carbocycles. The van der Waals surface area contributed by atoms with Gasteiger partial charge in [-0.15, -0.1) is 0 Å². The maximum atomic E-state index is 15.7. The van der Waals surface area contributed by atoms with E-state index in [0.717, 1.165) is 30.6 Å². The minimum absolute atomic E-state index is 0.0569. The third kappa shape index (κ3) is 26.0. The number of hydrogen-bond donors (Lipinski definition) is 7. The van der Waals surface area contributed by atoms with Crippen molar-refractivity contribution in [3.05, 3.63) is 47.5 Å². The van der Waals surface area contributed by atoms with Crippen molar-refractivity contribution in [3.63, 3.8) is 0 Å². The molecule has 1 heterocycles. The van der Waals surface area contributed by atoms with Gasteiger partial charge in [0.2, 0.25) is 65.0 Å². The van der Waals surface area contributed by atoms with E-state index in [2.05, 4.69) is 26.6 Å². The Labute approximate surface area is 609 Å². The fourth-order valence-corrected chi connectivity index (χ4v) is 13.0. The van der Waals surface area contributed by atoms with Gasteiger partial charge in [-0.2, -0.15) is 0 Å². The van der Waals surface area contributed by atoms with E-state index < -0.39 is 155 Å². The van der Waals surface area contributed by atoms with Crippen LogP contribution in [0.4, 0.5) is 0 Å². The van der Waals surface area contributed by atoms with Gasteiger partial charge in [-0.1, -0.05) is 134 Å². The predicted molar refractivity (Wildman–Crippen MR) is 397 cm³/mol. The number of amides is 12. The Morgan fingerprint density at radius 3 is 1.40 bits per heavy atom. The number of nitrogens with zero attached hydrogens (tertiary/aromatic N) is 7. The van der Waals surface area contributed by atoms with Crippen LogP contribution in [0.1, 0.15) is 198 Å². The zero-order chi connectivity index (χ0) is 78.1. The number of likely N-dealkylation sites (N-methyl/N-ethyl adjacent to an activating group) is 7. The zero-order valence-corrected chi connectivity index (χ0v) is 66.2. The number of carbonyl (C=O) groups is 12.